The van der Waals surface area contributed by atoms with Gasteiger partial charge in [0.05, 0.1) is 17.6 Å². The number of allylic oxidation sites excluding steroid dienone is 1. The molecule has 3 heterocycles. The molecule has 2 aromatic rings. The Balaban J connectivity index is 1.71. The second kappa shape index (κ2) is 11.0. The van der Waals surface area contributed by atoms with E-state index < -0.39 is 11.9 Å². The molecule has 0 atom stereocenters. The van der Waals surface area contributed by atoms with Crippen LogP contribution in [0.4, 0.5) is 21.7 Å². The average Bonchev–Trinajstić information content (AvgIpc) is 2.80. The zero-order valence-electron chi connectivity index (χ0n) is 19.4. The summed E-state index contributed by atoms with van der Waals surface area (Å²) in [5.41, 5.74) is 1.24. The SMILES string of the molecule is C=CCN1CCN(c2cc(F)ncc2NC(=O)c2ccnc(NCC(C)(C)CC=C)n2)CC1. The van der Waals surface area contributed by atoms with Gasteiger partial charge < -0.3 is 15.5 Å². The Labute approximate surface area is 194 Å². The number of nitrogens with zero attached hydrogens (tertiary/aromatic N) is 5. The topological polar surface area (TPSA) is 86.3 Å². The number of carbonyl (C=O) groups excluding carboxylic acids is 1. The fourth-order valence-corrected chi connectivity index (χ4v) is 3.67. The number of pyridine rings is 1. The molecule has 1 aliphatic rings. The third-order valence-electron chi connectivity index (χ3n) is 5.51. The predicted molar refractivity (Wildman–Crippen MR) is 130 cm³/mol. The molecule has 2 N–H and O–H groups in total. The molecule has 0 unspecified atom stereocenters. The highest BCUT2D eigenvalue weighted by Crippen LogP contribution is 2.27. The number of piperazine rings is 1. The highest BCUT2D eigenvalue weighted by atomic mass is 19.1. The van der Waals surface area contributed by atoms with Gasteiger partial charge in [0.15, 0.2) is 0 Å². The maximum Gasteiger partial charge on any atom is 0.274 e. The normalized spacial score (nSPS) is 14.6. The van der Waals surface area contributed by atoms with Crippen LogP contribution in [-0.2, 0) is 0 Å². The first-order chi connectivity index (χ1) is 15.8. The van der Waals surface area contributed by atoms with Crippen molar-refractivity contribution < 1.29 is 9.18 Å². The molecule has 1 saturated heterocycles. The summed E-state index contributed by atoms with van der Waals surface area (Å²) in [4.78, 5) is 29.5. The van der Waals surface area contributed by atoms with Gasteiger partial charge in [0, 0.05) is 51.5 Å². The van der Waals surface area contributed by atoms with Gasteiger partial charge >= 0.3 is 0 Å². The molecule has 9 heteroatoms. The smallest absolute Gasteiger partial charge is 0.274 e. The molecule has 0 spiro atoms. The van der Waals surface area contributed by atoms with Crippen LogP contribution in [0.3, 0.4) is 0 Å². The Bertz CT molecular complexity index is 987. The minimum atomic E-state index is -0.591. The molecule has 0 aromatic carbocycles. The van der Waals surface area contributed by atoms with Crippen LogP contribution < -0.4 is 15.5 Å². The molecule has 2 aromatic heterocycles. The van der Waals surface area contributed by atoms with Crippen molar-refractivity contribution in [1.29, 1.82) is 0 Å². The first kappa shape index (κ1) is 24.3. The summed E-state index contributed by atoms with van der Waals surface area (Å²) >= 11 is 0. The molecule has 0 radical (unpaired) electrons. The Morgan fingerprint density at radius 1 is 1.21 bits per heavy atom. The molecule has 0 aliphatic carbocycles. The second-order valence-corrected chi connectivity index (χ2v) is 8.83. The van der Waals surface area contributed by atoms with Crippen molar-refractivity contribution in [3.63, 3.8) is 0 Å². The number of anilines is 3. The number of amides is 1. The Kier molecular flexibility index (Phi) is 8.11. The number of aromatic nitrogens is 3. The van der Waals surface area contributed by atoms with Gasteiger partial charge in [-0.1, -0.05) is 26.0 Å². The van der Waals surface area contributed by atoms with Crippen LogP contribution in [0.2, 0.25) is 0 Å². The van der Waals surface area contributed by atoms with Gasteiger partial charge in [-0.2, -0.15) is 4.39 Å². The molecule has 1 fully saturated rings. The molecule has 1 aliphatic heterocycles. The van der Waals surface area contributed by atoms with E-state index in [1.54, 1.807) is 6.07 Å². The maximum absolute atomic E-state index is 13.9. The van der Waals surface area contributed by atoms with E-state index in [9.17, 15) is 9.18 Å². The fraction of sp³-hybridized carbons (Fsp3) is 0.417. The van der Waals surface area contributed by atoms with E-state index in [4.69, 9.17) is 0 Å². The summed E-state index contributed by atoms with van der Waals surface area (Å²) in [5, 5.41) is 6.02. The number of carbonyl (C=O) groups is 1. The quantitative estimate of drug-likeness (QED) is 0.420. The predicted octanol–water partition coefficient (Wildman–Crippen LogP) is 3.59. The number of nitrogens with one attached hydrogen (secondary N) is 2. The zero-order chi connectivity index (χ0) is 23.8. The van der Waals surface area contributed by atoms with Crippen LogP contribution >= 0.6 is 0 Å². The summed E-state index contributed by atoms with van der Waals surface area (Å²) in [5.74, 6) is -0.631. The maximum atomic E-state index is 13.9. The lowest BCUT2D eigenvalue weighted by atomic mass is 9.89. The van der Waals surface area contributed by atoms with Gasteiger partial charge in [-0.3, -0.25) is 9.69 Å². The van der Waals surface area contributed by atoms with Gasteiger partial charge in [-0.05, 0) is 17.9 Å². The van der Waals surface area contributed by atoms with Crippen LogP contribution in [-0.4, -0.2) is 65.0 Å². The van der Waals surface area contributed by atoms with Crippen LogP contribution in [0.25, 0.3) is 0 Å². The molecule has 3 rings (SSSR count). The molecular weight excluding hydrogens is 421 g/mol. The van der Waals surface area contributed by atoms with E-state index in [0.29, 0.717) is 37.0 Å². The van der Waals surface area contributed by atoms with E-state index >= 15 is 0 Å². The number of hydrogen-bond donors (Lipinski definition) is 2. The van der Waals surface area contributed by atoms with Gasteiger partial charge in [-0.25, -0.2) is 15.0 Å². The van der Waals surface area contributed by atoms with Gasteiger partial charge in [-0.15, -0.1) is 13.2 Å². The molecule has 0 saturated carbocycles. The monoisotopic (exact) mass is 453 g/mol. The Morgan fingerprint density at radius 3 is 2.67 bits per heavy atom. The summed E-state index contributed by atoms with van der Waals surface area (Å²) in [6, 6.07) is 2.90. The number of hydrogen-bond acceptors (Lipinski definition) is 7. The van der Waals surface area contributed by atoms with Crippen molar-refractivity contribution in [2.75, 3.05) is 54.8 Å². The van der Waals surface area contributed by atoms with Crippen LogP contribution in [0.1, 0.15) is 30.8 Å². The minimum Gasteiger partial charge on any atom is -0.367 e. The first-order valence-electron chi connectivity index (χ1n) is 11.0. The van der Waals surface area contributed by atoms with Crippen molar-refractivity contribution in [2.24, 2.45) is 5.41 Å². The lowest BCUT2D eigenvalue weighted by Crippen LogP contribution is -2.46. The Morgan fingerprint density at radius 2 is 1.97 bits per heavy atom. The zero-order valence-corrected chi connectivity index (χ0v) is 19.4. The van der Waals surface area contributed by atoms with E-state index in [-0.39, 0.29) is 11.1 Å². The third-order valence-corrected chi connectivity index (χ3v) is 5.51. The number of rotatable bonds is 10. The molecule has 8 nitrogen and oxygen atoms in total. The lowest BCUT2D eigenvalue weighted by molar-refractivity contribution is 0.102. The van der Waals surface area contributed by atoms with Crippen molar-refractivity contribution in [2.45, 2.75) is 20.3 Å². The summed E-state index contributed by atoms with van der Waals surface area (Å²) < 4.78 is 13.9. The minimum absolute atomic E-state index is 0.0201. The van der Waals surface area contributed by atoms with Crippen LogP contribution in [0, 0.1) is 11.4 Å². The Hall–Kier alpha value is -3.33. The number of halogens is 1. The highest BCUT2D eigenvalue weighted by Gasteiger charge is 2.21. The van der Waals surface area contributed by atoms with Crippen molar-refractivity contribution >= 4 is 23.2 Å². The van der Waals surface area contributed by atoms with Crippen molar-refractivity contribution in [3.05, 3.63) is 61.5 Å². The van der Waals surface area contributed by atoms with Gasteiger partial charge in [0.2, 0.25) is 11.9 Å². The molecule has 1 amide bonds. The van der Waals surface area contributed by atoms with E-state index in [0.717, 1.165) is 26.1 Å². The third kappa shape index (κ3) is 6.82. The molecule has 176 valence electrons. The summed E-state index contributed by atoms with van der Waals surface area (Å²) in [7, 11) is 0. The second-order valence-electron chi connectivity index (χ2n) is 8.83. The van der Waals surface area contributed by atoms with E-state index in [2.05, 4.69) is 62.4 Å². The fourth-order valence-electron chi connectivity index (χ4n) is 3.67. The highest BCUT2D eigenvalue weighted by molar-refractivity contribution is 6.04. The summed E-state index contributed by atoms with van der Waals surface area (Å²) in [6.45, 7) is 16.3. The largest absolute Gasteiger partial charge is 0.367 e. The van der Waals surface area contributed by atoms with Crippen LogP contribution in [0.15, 0.2) is 49.8 Å². The van der Waals surface area contributed by atoms with Crippen molar-refractivity contribution in [3.8, 4) is 0 Å². The molecule has 33 heavy (non-hydrogen) atoms. The average molecular weight is 454 g/mol. The lowest BCUT2D eigenvalue weighted by Gasteiger charge is -2.36. The summed E-state index contributed by atoms with van der Waals surface area (Å²) in [6.07, 6.45) is 7.46. The van der Waals surface area contributed by atoms with Crippen molar-refractivity contribution in [1.82, 2.24) is 19.9 Å². The standard InChI is InChI=1S/C24H32FN7O/c1-5-8-24(3,4)17-28-23-26-9-7-18(30-23)22(33)29-19-16-27-21(25)15-20(19)32-13-11-31(10-6-2)12-14-32/h5-7,9,15-16H,1-2,8,10-14,17H2,3-4H3,(H,29,33)(H,26,28,30). The molecular formula is C24H32FN7O. The first-order valence-corrected chi connectivity index (χ1v) is 11.0. The van der Waals surface area contributed by atoms with E-state index in [1.165, 1.54) is 18.5 Å². The van der Waals surface area contributed by atoms with Gasteiger partial charge in [0.25, 0.3) is 5.91 Å². The van der Waals surface area contributed by atoms with Crippen LogP contribution in [0.5, 0.6) is 0 Å². The molecule has 0 bridgehead atoms. The van der Waals surface area contributed by atoms with Gasteiger partial charge in [0.1, 0.15) is 5.69 Å². The van der Waals surface area contributed by atoms with E-state index in [1.807, 2.05) is 12.2 Å².